The average molecular weight is 276 g/mol. The second-order valence-corrected chi connectivity index (χ2v) is 5.63. The molecule has 1 aromatic carbocycles. The van der Waals surface area contributed by atoms with Gasteiger partial charge in [0.2, 0.25) is 0 Å². The number of benzene rings is 1. The number of aliphatic hydroxyl groups is 1. The summed E-state index contributed by atoms with van der Waals surface area (Å²) in [4.78, 5) is 2.53. The number of aliphatic hydroxyl groups excluding tert-OH is 1. The number of anilines is 2. The highest BCUT2D eigenvalue weighted by molar-refractivity contribution is 5.70. The van der Waals surface area contributed by atoms with Crippen LogP contribution in [0.4, 0.5) is 11.4 Å². The molecule has 0 atom stereocenters. The zero-order valence-corrected chi connectivity index (χ0v) is 12.5. The first kappa shape index (κ1) is 15.2. The molecule has 0 spiro atoms. The van der Waals surface area contributed by atoms with E-state index in [9.17, 15) is 0 Å². The summed E-state index contributed by atoms with van der Waals surface area (Å²) in [5.74, 6) is 0. The van der Waals surface area contributed by atoms with Crippen LogP contribution in [0.15, 0.2) is 24.3 Å². The molecule has 1 saturated heterocycles. The largest absolute Gasteiger partial charge is 0.396 e. The smallest absolute Gasteiger partial charge is 0.0602 e. The Balaban J connectivity index is 1.91. The maximum absolute atomic E-state index is 8.80. The Kier molecular flexibility index (Phi) is 6.72. The summed E-state index contributed by atoms with van der Waals surface area (Å²) in [6.07, 6.45) is 8.48. The first-order valence-corrected chi connectivity index (χ1v) is 8.10. The normalized spacial score (nSPS) is 15.9. The van der Waals surface area contributed by atoms with Gasteiger partial charge in [0.1, 0.15) is 0 Å². The standard InChI is InChI=1S/C17H28N2O/c20-15-9-3-6-12-18-16-10-4-5-11-17(16)19-13-7-1-2-8-14-19/h4-5,10-11,18,20H,1-3,6-9,12-15H2. The highest BCUT2D eigenvalue weighted by atomic mass is 16.2. The lowest BCUT2D eigenvalue weighted by atomic mass is 10.2. The molecular formula is C17H28N2O. The van der Waals surface area contributed by atoms with Crippen molar-refractivity contribution < 1.29 is 5.11 Å². The third-order valence-electron chi connectivity index (χ3n) is 4.00. The van der Waals surface area contributed by atoms with E-state index < -0.39 is 0 Å². The molecule has 3 nitrogen and oxygen atoms in total. The fourth-order valence-corrected chi connectivity index (χ4v) is 2.85. The third-order valence-corrected chi connectivity index (χ3v) is 4.00. The van der Waals surface area contributed by atoms with Crippen LogP contribution in [0, 0.1) is 0 Å². The fraction of sp³-hybridized carbons (Fsp3) is 0.647. The molecule has 0 amide bonds. The van der Waals surface area contributed by atoms with Crippen molar-refractivity contribution in [2.45, 2.75) is 44.9 Å². The van der Waals surface area contributed by atoms with Crippen LogP contribution >= 0.6 is 0 Å². The van der Waals surface area contributed by atoms with Crippen LogP contribution in [0.2, 0.25) is 0 Å². The Bertz CT molecular complexity index is 373. The maximum Gasteiger partial charge on any atom is 0.0602 e. The molecule has 0 saturated carbocycles. The number of para-hydroxylation sites is 2. The van der Waals surface area contributed by atoms with Gasteiger partial charge in [0.05, 0.1) is 11.4 Å². The Hall–Kier alpha value is -1.22. The molecule has 1 aliphatic heterocycles. The molecule has 112 valence electrons. The fourth-order valence-electron chi connectivity index (χ4n) is 2.85. The van der Waals surface area contributed by atoms with Gasteiger partial charge in [-0.3, -0.25) is 0 Å². The van der Waals surface area contributed by atoms with Gasteiger partial charge >= 0.3 is 0 Å². The molecule has 2 N–H and O–H groups in total. The number of nitrogens with one attached hydrogen (secondary N) is 1. The van der Waals surface area contributed by atoms with Crippen molar-refractivity contribution in [1.29, 1.82) is 0 Å². The van der Waals surface area contributed by atoms with Gasteiger partial charge < -0.3 is 15.3 Å². The molecule has 2 rings (SSSR count). The monoisotopic (exact) mass is 276 g/mol. The summed E-state index contributed by atoms with van der Waals surface area (Å²) in [6.45, 7) is 3.67. The highest BCUT2D eigenvalue weighted by Gasteiger charge is 2.12. The van der Waals surface area contributed by atoms with Crippen LogP contribution in [0.1, 0.15) is 44.9 Å². The van der Waals surface area contributed by atoms with Crippen LogP contribution in [-0.4, -0.2) is 31.3 Å². The second kappa shape index (κ2) is 8.85. The number of hydrogen-bond donors (Lipinski definition) is 2. The van der Waals surface area contributed by atoms with Crippen LogP contribution in [0.3, 0.4) is 0 Å². The summed E-state index contributed by atoms with van der Waals surface area (Å²) in [6, 6.07) is 8.67. The summed E-state index contributed by atoms with van der Waals surface area (Å²) in [5.41, 5.74) is 2.62. The van der Waals surface area contributed by atoms with Gasteiger partial charge in [0, 0.05) is 26.2 Å². The topological polar surface area (TPSA) is 35.5 Å². The summed E-state index contributed by atoms with van der Waals surface area (Å²) >= 11 is 0. The average Bonchev–Trinajstić information content (AvgIpc) is 2.76. The van der Waals surface area contributed by atoms with Crippen LogP contribution in [0.25, 0.3) is 0 Å². The van der Waals surface area contributed by atoms with Gasteiger partial charge in [-0.1, -0.05) is 25.0 Å². The van der Waals surface area contributed by atoms with E-state index in [1.165, 1.54) is 50.1 Å². The molecule has 1 aromatic rings. The molecule has 0 bridgehead atoms. The van der Waals surface area contributed by atoms with Crippen molar-refractivity contribution in [3.8, 4) is 0 Å². The molecule has 1 heterocycles. The molecule has 20 heavy (non-hydrogen) atoms. The Morgan fingerprint density at radius 2 is 1.70 bits per heavy atom. The van der Waals surface area contributed by atoms with Gasteiger partial charge in [-0.15, -0.1) is 0 Å². The molecule has 3 heteroatoms. The first-order valence-electron chi connectivity index (χ1n) is 8.10. The number of unbranched alkanes of at least 4 members (excludes halogenated alkanes) is 2. The van der Waals surface area contributed by atoms with Crippen LogP contribution in [0.5, 0.6) is 0 Å². The molecule has 1 aliphatic rings. The Morgan fingerprint density at radius 1 is 0.950 bits per heavy atom. The van der Waals surface area contributed by atoms with Crippen molar-refractivity contribution in [2.75, 3.05) is 36.5 Å². The number of rotatable bonds is 7. The molecule has 0 radical (unpaired) electrons. The minimum absolute atomic E-state index is 0.310. The van der Waals surface area contributed by atoms with Gasteiger partial charge in [-0.25, -0.2) is 0 Å². The summed E-state index contributed by atoms with van der Waals surface area (Å²) < 4.78 is 0. The van der Waals surface area contributed by atoms with Gasteiger partial charge in [-0.2, -0.15) is 0 Å². The van der Waals surface area contributed by atoms with E-state index >= 15 is 0 Å². The minimum Gasteiger partial charge on any atom is -0.396 e. The lowest BCUT2D eigenvalue weighted by molar-refractivity contribution is 0.283. The van der Waals surface area contributed by atoms with Crippen molar-refractivity contribution in [2.24, 2.45) is 0 Å². The van der Waals surface area contributed by atoms with E-state index in [-0.39, 0.29) is 0 Å². The predicted octanol–water partition coefficient (Wildman–Crippen LogP) is 3.64. The molecule has 0 aromatic heterocycles. The van der Waals surface area contributed by atoms with Crippen LogP contribution < -0.4 is 10.2 Å². The number of hydrogen-bond acceptors (Lipinski definition) is 3. The van der Waals surface area contributed by atoms with E-state index in [1.54, 1.807) is 0 Å². The lowest BCUT2D eigenvalue weighted by Crippen LogP contribution is -2.25. The van der Waals surface area contributed by atoms with Crippen molar-refractivity contribution in [1.82, 2.24) is 0 Å². The molecule has 0 aliphatic carbocycles. The van der Waals surface area contributed by atoms with Gasteiger partial charge in [0.15, 0.2) is 0 Å². The number of nitrogens with zero attached hydrogens (tertiary/aromatic N) is 1. The van der Waals surface area contributed by atoms with E-state index in [0.29, 0.717) is 6.61 Å². The predicted molar refractivity (Wildman–Crippen MR) is 86.5 cm³/mol. The summed E-state index contributed by atoms with van der Waals surface area (Å²) in [5, 5.41) is 12.4. The maximum atomic E-state index is 8.80. The van der Waals surface area contributed by atoms with E-state index in [4.69, 9.17) is 5.11 Å². The molecular weight excluding hydrogens is 248 g/mol. The Labute approximate surface area is 123 Å². The zero-order chi connectivity index (χ0) is 14.0. The summed E-state index contributed by atoms with van der Waals surface area (Å²) in [7, 11) is 0. The van der Waals surface area contributed by atoms with Crippen molar-refractivity contribution >= 4 is 11.4 Å². The van der Waals surface area contributed by atoms with Crippen LogP contribution in [-0.2, 0) is 0 Å². The quantitative estimate of drug-likeness (QED) is 0.746. The van der Waals surface area contributed by atoms with Crippen molar-refractivity contribution in [3.63, 3.8) is 0 Å². The van der Waals surface area contributed by atoms with E-state index in [2.05, 4.69) is 34.5 Å². The first-order chi connectivity index (χ1) is 9.92. The second-order valence-electron chi connectivity index (χ2n) is 5.63. The van der Waals surface area contributed by atoms with Crippen molar-refractivity contribution in [3.05, 3.63) is 24.3 Å². The zero-order valence-electron chi connectivity index (χ0n) is 12.5. The highest BCUT2D eigenvalue weighted by Crippen LogP contribution is 2.27. The minimum atomic E-state index is 0.310. The lowest BCUT2D eigenvalue weighted by Gasteiger charge is -2.25. The third kappa shape index (κ3) is 4.71. The molecule has 0 unspecified atom stereocenters. The van der Waals surface area contributed by atoms with Gasteiger partial charge in [0.25, 0.3) is 0 Å². The van der Waals surface area contributed by atoms with E-state index in [0.717, 1.165) is 25.8 Å². The SMILES string of the molecule is OCCCCCNc1ccccc1N1CCCCCC1. The molecule has 1 fully saturated rings. The van der Waals surface area contributed by atoms with Gasteiger partial charge in [-0.05, 0) is 44.2 Å². The Morgan fingerprint density at radius 3 is 2.45 bits per heavy atom. The van der Waals surface area contributed by atoms with E-state index in [1.807, 2.05) is 0 Å².